The first-order chi connectivity index (χ1) is 15.7. The molecule has 0 spiro atoms. The van der Waals surface area contributed by atoms with Crippen molar-refractivity contribution in [3.8, 4) is 0 Å². The Balaban J connectivity index is 1.10. The highest BCUT2D eigenvalue weighted by Gasteiger charge is 2.33. The Kier molecular flexibility index (Phi) is 5.62. The number of carbonyl (C=O) groups excluding carboxylic acids is 2. The van der Waals surface area contributed by atoms with Gasteiger partial charge in [-0.2, -0.15) is 0 Å². The van der Waals surface area contributed by atoms with E-state index in [2.05, 4.69) is 27.3 Å². The number of pyridine rings is 1. The van der Waals surface area contributed by atoms with E-state index < -0.39 is 0 Å². The van der Waals surface area contributed by atoms with Crippen LogP contribution >= 0.6 is 0 Å². The van der Waals surface area contributed by atoms with Gasteiger partial charge in [-0.05, 0) is 54.7 Å². The summed E-state index contributed by atoms with van der Waals surface area (Å²) in [5, 5.41) is 3.04. The van der Waals surface area contributed by atoms with E-state index in [-0.39, 0.29) is 17.7 Å². The third-order valence-corrected chi connectivity index (χ3v) is 6.46. The van der Waals surface area contributed by atoms with Gasteiger partial charge < -0.3 is 19.5 Å². The minimum absolute atomic E-state index is 0.00743. The van der Waals surface area contributed by atoms with Crippen LogP contribution in [0.4, 0.5) is 11.4 Å². The maximum absolute atomic E-state index is 12.6. The number of anilines is 2. The zero-order chi connectivity index (χ0) is 21.9. The highest BCUT2D eigenvalue weighted by Crippen LogP contribution is 2.30. The molecule has 0 bridgehead atoms. The van der Waals surface area contributed by atoms with Crippen molar-refractivity contribution in [2.75, 3.05) is 36.4 Å². The molecule has 0 atom stereocenters. The Hall–Kier alpha value is -3.61. The summed E-state index contributed by atoms with van der Waals surface area (Å²) in [4.78, 5) is 33.2. The number of carbonyl (C=O) groups is 2. The number of nitrogens with zero attached hydrogens (tertiary/aromatic N) is 3. The average Bonchev–Trinajstić information content (AvgIpc) is 3.34. The summed E-state index contributed by atoms with van der Waals surface area (Å²) in [5.41, 5.74) is 3.74. The minimum Gasteiger partial charge on any atom is -0.472 e. The minimum atomic E-state index is -0.00743. The highest BCUT2D eigenvalue weighted by molar-refractivity contribution is 5.94. The third kappa shape index (κ3) is 4.23. The van der Waals surface area contributed by atoms with Crippen LogP contribution in [0.15, 0.2) is 71.8 Å². The molecular formula is C25H26N4O3. The van der Waals surface area contributed by atoms with Crippen molar-refractivity contribution in [2.24, 2.45) is 5.92 Å². The SMILES string of the molecule is O=C(Nc1ccc(C2CCN(C(=O)c3ccoc3)CC2)cc1)C1CN(c2cccnc2)C1. The third-order valence-electron chi connectivity index (χ3n) is 6.46. The molecule has 7 heteroatoms. The molecule has 32 heavy (non-hydrogen) atoms. The maximum Gasteiger partial charge on any atom is 0.257 e. The number of hydrogen-bond donors (Lipinski definition) is 1. The smallest absolute Gasteiger partial charge is 0.257 e. The molecule has 2 saturated heterocycles. The quantitative estimate of drug-likeness (QED) is 0.667. The summed E-state index contributed by atoms with van der Waals surface area (Å²) in [6.07, 6.45) is 8.47. The molecule has 0 unspecified atom stereocenters. The van der Waals surface area contributed by atoms with Gasteiger partial charge in [0.25, 0.3) is 5.91 Å². The molecule has 5 rings (SSSR count). The number of likely N-dealkylation sites (tertiary alicyclic amines) is 1. The van der Waals surface area contributed by atoms with Crippen LogP contribution in [-0.2, 0) is 4.79 Å². The topological polar surface area (TPSA) is 78.7 Å². The van der Waals surface area contributed by atoms with Gasteiger partial charge in [-0.1, -0.05) is 12.1 Å². The first-order valence-corrected chi connectivity index (χ1v) is 11.0. The summed E-state index contributed by atoms with van der Waals surface area (Å²) < 4.78 is 5.02. The molecule has 2 aromatic heterocycles. The van der Waals surface area contributed by atoms with Crippen LogP contribution in [0.2, 0.25) is 0 Å². The maximum atomic E-state index is 12.6. The molecule has 1 aromatic carbocycles. The molecule has 2 aliphatic rings. The van der Waals surface area contributed by atoms with Gasteiger partial charge in [0.15, 0.2) is 0 Å². The fourth-order valence-electron chi connectivity index (χ4n) is 4.46. The Morgan fingerprint density at radius 3 is 2.47 bits per heavy atom. The Bertz CT molecular complexity index is 1050. The van der Waals surface area contributed by atoms with Crippen molar-refractivity contribution in [1.29, 1.82) is 0 Å². The van der Waals surface area contributed by atoms with Crippen molar-refractivity contribution in [2.45, 2.75) is 18.8 Å². The molecule has 4 heterocycles. The van der Waals surface area contributed by atoms with Crippen LogP contribution in [0.5, 0.6) is 0 Å². The van der Waals surface area contributed by atoms with E-state index in [0.717, 1.165) is 37.3 Å². The second-order valence-electron chi connectivity index (χ2n) is 8.50. The Morgan fingerprint density at radius 1 is 1.03 bits per heavy atom. The van der Waals surface area contributed by atoms with Crippen molar-refractivity contribution >= 4 is 23.2 Å². The van der Waals surface area contributed by atoms with Crippen LogP contribution in [-0.4, -0.2) is 47.9 Å². The molecule has 3 aromatic rings. The van der Waals surface area contributed by atoms with Crippen molar-refractivity contribution in [1.82, 2.24) is 9.88 Å². The van der Waals surface area contributed by atoms with Crippen LogP contribution in [0, 0.1) is 5.92 Å². The second-order valence-corrected chi connectivity index (χ2v) is 8.50. The van der Waals surface area contributed by atoms with Crippen molar-refractivity contribution in [3.05, 3.63) is 78.5 Å². The average molecular weight is 431 g/mol. The fraction of sp³-hybridized carbons (Fsp3) is 0.320. The number of aromatic nitrogens is 1. The van der Waals surface area contributed by atoms with Crippen molar-refractivity contribution < 1.29 is 14.0 Å². The molecule has 2 aliphatic heterocycles. The van der Waals surface area contributed by atoms with E-state index in [1.165, 1.54) is 18.1 Å². The van der Waals surface area contributed by atoms with Gasteiger partial charge in [0.1, 0.15) is 6.26 Å². The van der Waals surface area contributed by atoms with E-state index in [1.807, 2.05) is 35.4 Å². The number of furan rings is 1. The number of amides is 2. The molecule has 7 nitrogen and oxygen atoms in total. The molecule has 1 N–H and O–H groups in total. The lowest BCUT2D eigenvalue weighted by Crippen LogP contribution is -2.52. The first-order valence-electron chi connectivity index (χ1n) is 11.0. The first kappa shape index (κ1) is 20.3. The molecule has 0 aliphatic carbocycles. The predicted octanol–water partition coefficient (Wildman–Crippen LogP) is 3.77. The zero-order valence-electron chi connectivity index (χ0n) is 17.8. The fourth-order valence-corrected chi connectivity index (χ4v) is 4.46. The number of hydrogen-bond acceptors (Lipinski definition) is 5. The van der Waals surface area contributed by atoms with E-state index in [0.29, 0.717) is 24.6 Å². The molecule has 0 radical (unpaired) electrons. The summed E-state index contributed by atoms with van der Waals surface area (Å²) in [6, 6.07) is 13.8. The van der Waals surface area contributed by atoms with E-state index in [4.69, 9.17) is 4.42 Å². The summed E-state index contributed by atoms with van der Waals surface area (Å²) in [7, 11) is 0. The number of benzene rings is 1. The van der Waals surface area contributed by atoms with E-state index >= 15 is 0 Å². The van der Waals surface area contributed by atoms with Gasteiger partial charge in [0, 0.05) is 38.1 Å². The summed E-state index contributed by atoms with van der Waals surface area (Å²) in [5.74, 6) is 0.511. The molecule has 164 valence electrons. The zero-order valence-corrected chi connectivity index (χ0v) is 17.8. The van der Waals surface area contributed by atoms with Crippen LogP contribution in [0.1, 0.15) is 34.7 Å². The number of rotatable bonds is 5. The predicted molar refractivity (Wildman–Crippen MR) is 122 cm³/mol. The number of nitrogens with one attached hydrogen (secondary N) is 1. The largest absolute Gasteiger partial charge is 0.472 e. The Labute approximate surface area is 187 Å². The van der Waals surface area contributed by atoms with Gasteiger partial charge in [-0.3, -0.25) is 14.6 Å². The van der Waals surface area contributed by atoms with Crippen LogP contribution in [0.25, 0.3) is 0 Å². The van der Waals surface area contributed by atoms with Gasteiger partial charge >= 0.3 is 0 Å². The number of piperidine rings is 1. The monoisotopic (exact) mass is 430 g/mol. The van der Waals surface area contributed by atoms with Gasteiger partial charge in [0.05, 0.1) is 29.6 Å². The standard InChI is InChI=1S/C25H26N4O3/c30-24(21-15-29(16-21)23-2-1-10-26-14-23)27-22-5-3-18(4-6-22)19-7-11-28(12-8-19)25(31)20-9-13-32-17-20/h1-6,9-10,13-14,17,19,21H,7-8,11-12,15-16H2,(H,27,30). The van der Waals surface area contributed by atoms with E-state index in [1.54, 1.807) is 12.3 Å². The van der Waals surface area contributed by atoms with Crippen LogP contribution < -0.4 is 10.2 Å². The Morgan fingerprint density at radius 2 is 1.81 bits per heavy atom. The lowest BCUT2D eigenvalue weighted by molar-refractivity contribution is -0.120. The molecule has 2 fully saturated rings. The summed E-state index contributed by atoms with van der Waals surface area (Å²) >= 11 is 0. The molecule has 2 amide bonds. The van der Waals surface area contributed by atoms with Crippen LogP contribution in [0.3, 0.4) is 0 Å². The second kappa shape index (κ2) is 8.86. The lowest BCUT2D eigenvalue weighted by Gasteiger charge is -2.39. The van der Waals surface area contributed by atoms with Crippen molar-refractivity contribution in [3.63, 3.8) is 0 Å². The lowest BCUT2D eigenvalue weighted by atomic mass is 9.89. The molecular weight excluding hydrogens is 404 g/mol. The van der Waals surface area contributed by atoms with Gasteiger partial charge in [0.2, 0.25) is 5.91 Å². The van der Waals surface area contributed by atoms with E-state index in [9.17, 15) is 9.59 Å². The molecule has 0 saturated carbocycles. The van der Waals surface area contributed by atoms with Gasteiger partial charge in [-0.25, -0.2) is 0 Å². The highest BCUT2D eigenvalue weighted by atomic mass is 16.3. The normalized spacial score (nSPS) is 17.1. The summed E-state index contributed by atoms with van der Waals surface area (Å²) in [6.45, 7) is 2.90. The van der Waals surface area contributed by atoms with Gasteiger partial charge in [-0.15, -0.1) is 0 Å².